The normalized spacial score (nSPS) is 14.7. The van der Waals surface area contributed by atoms with Gasteiger partial charge in [-0.3, -0.25) is 9.59 Å². The molecule has 2 aliphatic rings. The number of fused-ring (bicyclic) bond motifs is 4. The Labute approximate surface area is 168 Å². The van der Waals surface area contributed by atoms with Crippen molar-refractivity contribution in [3.8, 4) is 22.6 Å². The molecule has 1 unspecified atom stereocenters. The molecule has 0 saturated carbocycles. The number of ketones is 1. The lowest BCUT2D eigenvalue weighted by Crippen LogP contribution is -2.27. The van der Waals surface area contributed by atoms with Crippen LogP contribution in [0.4, 0.5) is 0 Å². The molecule has 0 fully saturated rings. The van der Waals surface area contributed by atoms with Crippen LogP contribution in [0.25, 0.3) is 11.1 Å². The lowest BCUT2D eigenvalue weighted by Gasteiger charge is -2.21. The summed E-state index contributed by atoms with van der Waals surface area (Å²) < 4.78 is 11.2. The summed E-state index contributed by atoms with van der Waals surface area (Å²) in [5, 5.41) is 3.00. The number of carbonyl (C=O) groups excluding carboxylic acids is 2. The van der Waals surface area contributed by atoms with Crippen molar-refractivity contribution in [2.75, 3.05) is 13.2 Å². The van der Waals surface area contributed by atoms with Crippen LogP contribution >= 0.6 is 0 Å². The molecule has 0 saturated heterocycles. The lowest BCUT2D eigenvalue weighted by atomic mass is 10.0. The summed E-state index contributed by atoms with van der Waals surface area (Å²) in [5.41, 5.74) is 4.45. The molecule has 1 atom stereocenters. The van der Waals surface area contributed by atoms with Gasteiger partial charge in [0.2, 0.25) is 0 Å². The van der Waals surface area contributed by atoms with Gasteiger partial charge in [-0.2, -0.15) is 0 Å². The highest BCUT2D eigenvalue weighted by atomic mass is 16.6. The molecule has 1 aliphatic heterocycles. The Kier molecular flexibility index (Phi) is 4.09. The SMILES string of the molecule is CC(NC(=O)c1ccc2c(c1)C(=O)c1ccccc1-2)c1ccc2c(c1)OCCO2. The molecule has 5 heteroatoms. The largest absolute Gasteiger partial charge is 0.486 e. The standard InChI is InChI=1S/C24H19NO4/c1-14(15-7-9-21-22(13-15)29-11-10-28-21)25-24(27)16-6-8-18-17-4-2-3-5-19(17)23(26)20(18)12-16/h2-9,12-14H,10-11H2,1H3,(H,25,27). The van der Waals surface area contributed by atoms with Gasteiger partial charge >= 0.3 is 0 Å². The van der Waals surface area contributed by atoms with Crippen molar-refractivity contribution in [1.29, 1.82) is 0 Å². The topological polar surface area (TPSA) is 64.6 Å². The molecule has 0 radical (unpaired) electrons. The number of ether oxygens (including phenoxy) is 2. The van der Waals surface area contributed by atoms with E-state index in [9.17, 15) is 9.59 Å². The summed E-state index contributed by atoms with van der Waals surface area (Å²) in [5.74, 6) is 1.15. The first-order chi connectivity index (χ1) is 14.1. The maximum absolute atomic E-state index is 12.8. The number of hydrogen-bond donors (Lipinski definition) is 1. The predicted molar refractivity (Wildman–Crippen MR) is 109 cm³/mol. The highest BCUT2D eigenvalue weighted by molar-refractivity contribution is 6.22. The average Bonchev–Trinajstić information content (AvgIpc) is 3.05. The van der Waals surface area contributed by atoms with Crippen LogP contribution in [0.15, 0.2) is 60.7 Å². The first-order valence-corrected chi connectivity index (χ1v) is 9.60. The fourth-order valence-electron chi connectivity index (χ4n) is 3.86. The molecule has 1 heterocycles. The van der Waals surface area contributed by atoms with Crippen LogP contribution in [0.2, 0.25) is 0 Å². The van der Waals surface area contributed by atoms with Gasteiger partial charge in [-0.05, 0) is 47.9 Å². The smallest absolute Gasteiger partial charge is 0.251 e. The van der Waals surface area contributed by atoms with E-state index in [0.29, 0.717) is 35.7 Å². The molecule has 5 rings (SSSR count). The van der Waals surface area contributed by atoms with Crippen molar-refractivity contribution in [3.63, 3.8) is 0 Å². The number of rotatable bonds is 3. The molecular formula is C24H19NO4. The fourth-order valence-corrected chi connectivity index (χ4v) is 3.86. The zero-order valence-corrected chi connectivity index (χ0v) is 15.9. The van der Waals surface area contributed by atoms with Gasteiger partial charge in [-0.1, -0.05) is 36.4 Å². The van der Waals surface area contributed by atoms with Gasteiger partial charge in [0.1, 0.15) is 13.2 Å². The number of carbonyl (C=O) groups is 2. The molecule has 0 spiro atoms. The van der Waals surface area contributed by atoms with Crippen molar-refractivity contribution < 1.29 is 19.1 Å². The number of hydrogen-bond acceptors (Lipinski definition) is 4. The minimum absolute atomic E-state index is 0.0369. The Balaban J connectivity index is 1.37. The van der Waals surface area contributed by atoms with E-state index in [1.165, 1.54) is 0 Å². The van der Waals surface area contributed by atoms with Crippen molar-refractivity contribution in [2.45, 2.75) is 13.0 Å². The van der Waals surface area contributed by atoms with Crippen LogP contribution < -0.4 is 14.8 Å². The van der Waals surface area contributed by atoms with E-state index in [1.54, 1.807) is 12.1 Å². The monoisotopic (exact) mass is 385 g/mol. The van der Waals surface area contributed by atoms with E-state index in [2.05, 4.69) is 5.32 Å². The van der Waals surface area contributed by atoms with E-state index in [4.69, 9.17) is 9.47 Å². The summed E-state index contributed by atoms with van der Waals surface area (Å²) in [6, 6.07) is 18.3. The Bertz CT molecular complexity index is 1150. The van der Waals surface area contributed by atoms with Crippen molar-refractivity contribution in [1.82, 2.24) is 5.32 Å². The van der Waals surface area contributed by atoms with Gasteiger partial charge in [0, 0.05) is 16.7 Å². The maximum atomic E-state index is 12.8. The van der Waals surface area contributed by atoms with Crippen LogP contribution in [0.3, 0.4) is 0 Å². The van der Waals surface area contributed by atoms with Gasteiger partial charge in [0.25, 0.3) is 5.91 Å². The molecule has 29 heavy (non-hydrogen) atoms. The maximum Gasteiger partial charge on any atom is 0.251 e. The van der Waals surface area contributed by atoms with E-state index < -0.39 is 0 Å². The molecule has 0 bridgehead atoms. The Hall–Kier alpha value is -3.60. The summed E-state index contributed by atoms with van der Waals surface area (Å²) in [4.78, 5) is 25.5. The van der Waals surface area contributed by atoms with Crippen LogP contribution in [0.1, 0.15) is 44.8 Å². The number of amides is 1. The van der Waals surface area contributed by atoms with E-state index in [0.717, 1.165) is 22.4 Å². The second-order valence-corrected chi connectivity index (χ2v) is 7.23. The Morgan fingerprint density at radius 2 is 1.59 bits per heavy atom. The molecule has 3 aromatic carbocycles. The lowest BCUT2D eigenvalue weighted by molar-refractivity contribution is 0.0939. The average molecular weight is 385 g/mol. The summed E-state index contributed by atoms with van der Waals surface area (Å²) >= 11 is 0. The van der Waals surface area contributed by atoms with Crippen LogP contribution in [-0.4, -0.2) is 24.9 Å². The third-order valence-electron chi connectivity index (χ3n) is 5.40. The molecule has 144 valence electrons. The molecule has 1 amide bonds. The molecular weight excluding hydrogens is 366 g/mol. The van der Waals surface area contributed by atoms with Gasteiger partial charge in [0.05, 0.1) is 6.04 Å². The predicted octanol–water partition coefficient (Wildman–Crippen LogP) is 4.16. The van der Waals surface area contributed by atoms with Gasteiger partial charge in [0.15, 0.2) is 17.3 Å². The number of nitrogens with one attached hydrogen (secondary N) is 1. The van der Waals surface area contributed by atoms with E-state index in [1.807, 2.05) is 55.5 Å². The Morgan fingerprint density at radius 3 is 2.41 bits per heavy atom. The van der Waals surface area contributed by atoms with E-state index >= 15 is 0 Å². The summed E-state index contributed by atoms with van der Waals surface area (Å²) in [6.07, 6.45) is 0. The minimum Gasteiger partial charge on any atom is -0.486 e. The van der Waals surface area contributed by atoms with E-state index in [-0.39, 0.29) is 17.7 Å². The summed E-state index contributed by atoms with van der Waals surface area (Å²) in [6.45, 7) is 2.97. The first kappa shape index (κ1) is 17.5. The molecule has 3 aromatic rings. The fraction of sp³-hybridized carbons (Fsp3) is 0.167. The first-order valence-electron chi connectivity index (χ1n) is 9.60. The Morgan fingerprint density at radius 1 is 0.862 bits per heavy atom. The van der Waals surface area contributed by atoms with Crippen molar-refractivity contribution in [2.24, 2.45) is 0 Å². The molecule has 0 aromatic heterocycles. The van der Waals surface area contributed by atoms with Crippen LogP contribution in [0.5, 0.6) is 11.5 Å². The second-order valence-electron chi connectivity index (χ2n) is 7.23. The van der Waals surface area contributed by atoms with Gasteiger partial charge in [-0.15, -0.1) is 0 Å². The molecule has 1 N–H and O–H groups in total. The van der Waals surface area contributed by atoms with Gasteiger partial charge < -0.3 is 14.8 Å². The highest BCUT2D eigenvalue weighted by Crippen LogP contribution is 2.37. The van der Waals surface area contributed by atoms with Crippen molar-refractivity contribution in [3.05, 3.63) is 82.9 Å². The zero-order valence-electron chi connectivity index (χ0n) is 15.9. The third-order valence-corrected chi connectivity index (χ3v) is 5.40. The molecule has 1 aliphatic carbocycles. The molecule has 5 nitrogen and oxygen atoms in total. The second kappa shape index (κ2) is 6.78. The van der Waals surface area contributed by atoms with Crippen LogP contribution in [-0.2, 0) is 0 Å². The quantitative estimate of drug-likeness (QED) is 0.575. The van der Waals surface area contributed by atoms with Crippen molar-refractivity contribution >= 4 is 11.7 Å². The minimum atomic E-state index is -0.223. The van der Waals surface area contributed by atoms with Crippen LogP contribution in [0, 0.1) is 0 Å². The van der Waals surface area contributed by atoms with Gasteiger partial charge in [-0.25, -0.2) is 0 Å². The zero-order chi connectivity index (χ0) is 20.0. The highest BCUT2D eigenvalue weighted by Gasteiger charge is 2.27. The number of benzene rings is 3. The third kappa shape index (κ3) is 2.95. The summed E-state index contributed by atoms with van der Waals surface area (Å²) in [7, 11) is 0.